The maximum atomic E-state index is 14.1. The van der Waals surface area contributed by atoms with Gasteiger partial charge in [0.2, 0.25) is 0 Å². The summed E-state index contributed by atoms with van der Waals surface area (Å²) in [4.78, 5) is 15.5. The number of halogens is 2. The van der Waals surface area contributed by atoms with Gasteiger partial charge in [-0.2, -0.15) is 0 Å². The first-order valence-electron chi connectivity index (χ1n) is 8.21. The minimum atomic E-state index is -0.445. The van der Waals surface area contributed by atoms with Gasteiger partial charge in [-0.1, -0.05) is 30.3 Å². The highest BCUT2D eigenvalue weighted by Gasteiger charge is 2.24. The summed E-state index contributed by atoms with van der Waals surface area (Å²) in [6.45, 7) is 3.42. The van der Waals surface area contributed by atoms with Crippen LogP contribution in [0.5, 0.6) is 0 Å². The number of rotatable bonds is 3. The van der Waals surface area contributed by atoms with Crippen LogP contribution in [-0.4, -0.2) is 37.2 Å². The zero-order chi connectivity index (χ0) is 17.8. The Balaban J connectivity index is 1.55. The van der Waals surface area contributed by atoms with E-state index in [2.05, 4.69) is 0 Å². The van der Waals surface area contributed by atoms with Gasteiger partial charge in [0.05, 0.1) is 5.69 Å². The third kappa shape index (κ3) is 4.07. The predicted octanol–water partition coefficient (Wildman–Crippen LogP) is 3.73. The van der Waals surface area contributed by atoms with Crippen LogP contribution in [0.2, 0.25) is 0 Å². The highest BCUT2D eigenvalue weighted by Crippen LogP contribution is 2.24. The molecule has 0 spiro atoms. The van der Waals surface area contributed by atoms with Crippen molar-refractivity contribution in [3.63, 3.8) is 0 Å². The van der Waals surface area contributed by atoms with Crippen molar-refractivity contribution in [3.05, 3.63) is 65.2 Å². The maximum Gasteiger partial charge on any atom is 0.410 e. The van der Waals surface area contributed by atoms with Gasteiger partial charge in [0.1, 0.15) is 18.2 Å². The van der Waals surface area contributed by atoms with Crippen molar-refractivity contribution in [3.8, 4) is 0 Å². The van der Waals surface area contributed by atoms with Crippen molar-refractivity contribution in [2.75, 3.05) is 31.1 Å². The van der Waals surface area contributed by atoms with Crippen molar-refractivity contribution in [2.24, 2.45) is 0 Å². The standard InChI is InChI=1S/C19H20F2N2O2/c1-14-11-17(21)18(12-16(14)20)22-7-9-23(10-8-22)19(24)25-13-15-5-3-2-4-6-15/h2-6,11-12H,7-10,13H2,1H3. The van der Waals surface area contributed by atoms with E-state index in [9.17, 15) is 13.6 Å². The number of nitrogens with zero attached hydrogens (tertiary/aromatic N) is 2. The second kappa shape index (κ2) is 7.51. The average molecular weight is 346 g/mol. The van der Waals surface area contributed by atoms with Crippen LogP contribution in [0.25, 0.3) is 0 Å². The van der Waals surface area contributed by atoms with Crippen LogP contribution in [0.3, 0.4) is 0 Å². The molecule has 1 heterocycles. The molecule has 25 heavy (non-hydrogen) atoms. The number of carbonyl (C=O) groups is 1. The Morgan fingerprint density at radius 1 is 1.04 bits per heavy atom. The lowest BCUT2D eigenvalue weighted by molar-refractivity contribution is 0.0941. The van der Waals surface area contributed by atoms with E-state index in [1.54, 1.807) is 9.80 Å². The lowest BCUT2D eigenvalue weighted by Gasteiger charge is -2.35. The van der Waals surface area contributed by atoms with Gasteiger partial charge in [-0.15, -0.1) is 0 Å². The second-order valence-electron chi connectivity index (χ2n) is 6.07. The lowest BCUT2D eigenvalue weighted by Crippen LogP contribution is -2.49. The summed E-state index contributed by atoms with van der Waals surface area (Å²) in [6.07, 6.45) is -0.390. The number of hydrogen-bond donors (Lipinski definition) is 0. The summed E-state index contributed by atoms with van der Waals surface area (Å²) < 4.78 is 33.1. The number of benzene rings is 2. The van der Waals surface area contributed by atoms with Crippen molar-refractivity contribution < 1.29 is 18.3 Å². The van der Waals surface area contributed by atoms with E-state index in [0.717, 1.165) is 5.56 Å². The Morgan fingerprint density at radius 2 is 1.72 bits per heavy atom. The molecule has 1 saturated heterocycles. The van der Waals surface area contributed by atoms with Gasteiger partial charge in [0.25, 0.3) is 0 Å². The van der Waals surface area contributed by atoms with E-state index in [1.807, 2.05) is 30.3 Å². The van der Waals surface area contributed by atoms with Crippen LogP contribution in [0.4, 0.5) is 19.3 Å². The smallest absolute Gasteiger partial charge is 0.410 e. The molecule has 6 heteroatoms. The Bertz CT molecular complexity index is 745. The third-order valence-corrected chi connectivity index (χ3v) is 4.31. The van der Waals surface area contributed by atoms with Crippen molar-refractivity contribution >= 4 is 11.8 Å². The van der Waals surface area contributed by atoms with E-state index in [1.165, 1.54) is 19.1 Å². The minimum absolute atomic E-state index is 0.220. The quantitative estimate of drug-likeness (QED) is 0.849. The molecule has 4 nitrogen and oxygen atoms in total. The molecule has 1 aliphatic rings. The molecule has 3 rings (SSSR count). The van der Waals surface area contributed by atoms with E-state index in [0.29, 0.717) is 26.2 Å². The van der Waals surface area contributed by atoms with Gasteiger partial charge in [0, 0.05) is 32.2 Å². The first-order valence-corrected chi connectivity index (χ1v) is 8.21. The van der Waals surface area contributed by atoms with E-state index in [-0.39, 0.29) is 24.0 Å². The number of ether oxygens (including phenoxy) is 1. The molecule has 0 radical (unpaired) electrons. The van der Waals surface area contributed by atoms with E-state index in [4.69, 9.17) is 4.74 Å². The monoisotopic (exact) mass is 346 g/mol. The Labute approximate surface area is 145 Å². The zero-order valence-corrected chi connectivity index (χ0v) is 14.0. The summed E-state index contributed by atoms with van der Waals surface area (Å²) in [6, 6.07) is 11.9. The molecule has 1 aliphatic heterocycles. The van der Waals surface area contributed by atoms with Gasteiger partial charge >= 0.3 is 6.09 Å². The lowest BCUT2D eigenvalue weighted by atomic mass is 10.1. The number of anilines is 1. The molecule has 0 unspecified atom stereocenters. The molecule has 2 aromatic rings. The first kappa shape index (κ1) is 17.2. The molecule has 0 aliphatic carbocycles. The van der Waals surface area contributed by atoms with Gasteiger partial charge in [-0.25, -0.2) is 13.6 Å². The van der Waals surface area contributed by atoms with Crippen molar-refractivity contribution in [1.29, 1.82) is 0 Å². The SMILES string of the molecule is Cc1cc(F)c(N2CCN(C(=O)OCc3ccccc3)CC2)cc1F. The molecule has 0 N–H and O–H groups in total. The fourth-order valence-corrected chi connectivity index (χ4v) is 2.82. The molecule has 0 bridgehead atoms. The largest absolute Gasteiger partial charge is 0.445 e. The van der Waals surface area contributed by atoms with Gasteiger partial charge in [-0.05, 0) is 24.1 Å². The highest BCUT2D eigenvalue weighted by atomic mass is 19.1. The summed E-state index contributed by atoms with van der Waals surface area (Å²) >= 11 is 0. The van der Waals surface area contributed by atoms with E-state index < -0.39 is 11.6 Å². The number of amides is 1. The fourth-order valence-electron chi connectivity index (χ4n) is 2.82. The normalized spacial score (nSPS) is 14.5. The summed E-state index contributed by atoms with van der Waals surface area (Å²) in [5.74, 6) is -0.875. The molecule has 2 aromatic carbocycles. The maximum absolute atomic E-state index is 14.1. The van der Waals surface area contributed by atoms with Gasteiger partial charge in [0.15, 0.2) is 0 Å². The molecule has 0 saturated carbocycles. The number of carbonyl (C=O) groups excluding carboxylic acids is 1. The topological polar surface area (TPSA) is 32.8 Å². The molecule has 1 fully saturated rings. The van der Waals surface area contributed by atoms with E-state index >= 15 is 0 Å². The Hall–Kier alpha value is -2.63. The zero-order valence-electron chi connectivity index (χ0n) is 14.0. The average Bonchev–Trinajstić information content (AvgIpc) is 2.64. The van der Waals surface area contributed by atoms with Crippen LogP contribution in [0.15, 0.2) is 42.5 Å². The summed E-state index contributed by atoms with van der Waals surface area (Å²) in [5.41, 5.74) is 1.44. The number of hydrogen-bond acceptors (Lipinski definition) is 3. The van der Waals surface area contributed by atoms with Crippen LogP contribution in [0, 0.1) is 18.6 Å². The number of piperazine rings is 1. The molecular weight excluding hydrogens is 326 g/mol. The van der Waals surface area contributed by atoms with Crippen molar-refractivity contribution in [2.45, 2.75) is 13.5 Å². The molecule has 1 amide bonds. The van der Waals surface area contributed by atoms with Crippen LogP contribution in [0.1, 0.15) is 11.1 Å². The second-order valence-corrected chi connectivity index (χ2v) is 6.07. The van der Waals surface area contributed by atoms with Crippen LogP contribution >= 0.6 is 0 Å². The minimum Gasteiger partial charge on any atom is -0.445 e. The molecule has 0 atom stereocenters. The molecular formula is C19H20F2N2O2. The first-order chi connectivity index (χ1) is 12.0. The number of aryl methyl sites for hydroxylation is 1. The Morgan fingerprint density at radius 3 is 2.40 bits per heavy atom. The summed E-state index contributed by atoms with van der Waals surface area (Å²) in [7, 11) is 0. The fraction of sp³-hybridized carbons (Fsp3) is 0.316. The molecule has 132 valence electrons. The van der Waals surface area contributed by atoms with Crippen LogP contribution < -0.4 is 4.90 Å². The molecule has 0 aromatic heterocycles. The summed E-state index contributed by atoms with van der Waals surface area (Å²) in [5, 5.41) is 0. The Kier molecular flexibility index (Phi) is 5.16. The van der Waals surface area contributed by atoms with Gasteiger partial charge in [-0.3, -0.25) is 0 Å². The van der Waals surface area contributed by atoms with Gasteiger partial charge < -0.3 is 14.5 Å². The third-order valence-electron chi connectivity index (χ3n) is 4.31. The predicted molar refractivity (Wildman–Crippen MR) is 91.5 cm³/mol. The highest BCUT2D eigenvalue weighted by molar-refractivity contribution is 5.68. The van der Waals surface area contributed by atoms with Crippen molar-refractivity contribution in [1.82, 2.24) is 4.90 Å². The van der Waals surface area contributed by atoms with Crippen LogP contribution in [-0.2, 0) is 11.3 Å².